The molecule has 100 valence electrons. The van der Waals surface area contributed by atoms with E-state index in [0.717, 1.165) is 0 Å². The van der Waals surface area contributed by atoms with E-state index in [2.05, 4.69) is 10.1 Å². The highest BCUT2D eigenvalue weighted by Crippen LogP contribution is 2.09. The van der Waals surface area contributed by atoms with Crippen molar-refractivity contribution < 1.29 is 18.7 Å². The summed E-state index contributed by atoms with van der Waals surface area (Å²) in [5.41, 5.74) is 5.38. The van der Waals surface area contributed by atoms with Crippen LogP contribution in [-0.4, -0.2) is 25.0 Å². The van der Waals surface area contributed by atoms with E-state index < -0.39 is 17.9 Å². The van der Waals surface area contributed by atoms with Gasteiger partial charge in [0.2, 0.25) is 0 Å². The Morgan fingerprint density at radius 3 is 2.56 bits per heavy atom. The van der Waals surface area contributed by atoms with E-state index >= 15 is 0 Å². The van der Waals surface area contributed by atoms with Gasteiger partial charge < -0.3 is 20.2 Å². The molecule has 0 aliphatic rings. The van der Waals surface area contributed by atoms with Crippen molar-refractivity contribution in [3.05, 3.63) is 23.7 Å². The zero-order valence-electron chi connectivity index (χ0n) is 10.7. The van der Waals surface area contributed by atoms with Gasteiger partial charge in [-0.3, -0.25) is 4.79 Å². The van der Waals surface area contributed by atoms with Crippen molar-refractivity contribution in [3.63, 3.8) is 0 Å². The Morgan fingerprint density at radius 2 is 2.11 bits per heavy atom. The zero-order chi connectivity index (χ0) is 13.7. The quantitative estimate of drug-likeness (QED) is 0.753. The van der Waals surface area contributed by atoms with E-state index in [1.807, 2.05) is 13.8 Å². The summed E-state index contributed by atoms with van der Waals surface area (Å²) in [7, 11) is 1.28. The van der Waals surface area contributed by atoms with Crippen molar-refractivity contribution in [2.45, 2.75) is 26.4 Å². The Morgan fingerprint density at radius 1 is 1.44 bits per heavy atom. The topological polar surface area (TPSA) is 94.6 Å². The number of rotatable bonds is 5. The minimum absolute atomic E-state index is 0.0784. The summed E-state index contributed by atoms with van der Waals surface area (Å²) in [5, 5.41) is 2.57. The van der Waals surface area contributed by atoms with Crippen molar-refractivity contribution >= 4 is 11.9 Å². The van der Waals surface area contributed by atoms with Gasteiger partial charge in [-0.15, -0.1) is 0 Å². The maximum absolute atomic E-state index is 11.9. The fraction of sp³-hybridized carbons (Fsp3) is 0.500. The third kappa shape index (κ3) is 3.33. The highest BCUT2D eigenvalue weighted by molar-refractivity contribution is 5.94. The van der Waals surface area contributed by atoms with Crippen molar-refractivity contribution in [2.75, 3.05) is 7.11 Å². The Balaban J connectivity index is 2.75. The lowest BCUT2D eigenvalue weighted by Crippen LogP contribution is -2.44. The first-order chi connectivity index (χ1) is 8.49. The summed E-state index contributed by atoms with van der Waals surface area (Å²) in [6, 6.07) is 2.44. The number of amides is 1. The van der Waals surface area contributed by atoms with Gasteiger partial charge in [-0.05, 0) is 18.1 Å². The molecule has 1 atom stereocenters. The van der Waals surface area contributed by atoms with Crippen LogP contribution < -0.4 is 11.1 Å². The van der Waals surface area contributed by atoms with E-state index in [4.69, 9.17) is 10.2 Å². The number of ether oxygens (including phenoxy) is 1. The summed E-state index contributed by atoms with van der Waals surface area (Å²) in [6.45, 7) is 3.85. The molecule has 0 aliphatic carbocycles. The minimum Gasteiger partial charge on any atom is -0.467 e. The lowest BCUT2D eigenvalue weighted by atomic mass is 10.0. The van der Waals surface area contributed by atoms with Crippen molar-refractivity contribution in [3.8, 4) is 0 Å². The number of furan rings is 1. The van der Waals surface area contributed by atoms with Crippen LogP contribution in [0.2, 0.25) is 0 Å². The molecule has 0 saturated carbocycles. The molecular formula is C12H18N2O4. The smallest absolute Gasteiger partial charge is 0.328 e. The fourth-order valence-corrected chi connectivity index (χ4v) is 1.45. The van der Waals surface area contributed by atoms with Crippen LogP contribution >= 0.6 is 0 Å². The summed E-state index contributed by atoms with van der Waals surface area (Å²) >= 11 is 0. The lowest BCUT2D eigenvalue weighted by molar-refractivity contribution is -0.144. The maximum atomic E-state index is 11.9. The van der Waals surface area contributed by atoms with E-state index in [9.17, 15) is 9.59 Å². The molecule has 1 amide bonds. The van der Waals surface area contributed by atoms with Crippen LogP contribution in [0.1, 0.15) is 30.2 Å². The average molecular weight is 254 g/mol. The normalized spacial score (nSPS) is 12.3. The molecule has 0 radical (unpaired) electrons. The summed E-state index contributed by atoms with van der Waals surface area (Å²) < 4.78 is 9.83. The second-order valence-corrected chi connectivity index (χ2v) is 4.19. The van der Waals surface area contributed by atoms with Gasteiger partial charge in [-0.2, -0.15) is 0 Å². The van der Waals surface area contributed by atoms with E-state index in [-0.39, 0.29) is 18.2 Å². The zero-order valence-corrected chi connectivity index (χ0v) is 10.7. The molecule has 0 bridgehead atoms. The Bertz CT molecular complexity index is 425. The van der Waals surface area contributed by atoms with Crippen LogP contribution in [0.25, 0.3) is 0 Å². The van der Waals surface area contributed by atoms with Crippen LogP contribution in [0.3, 0.4) is 0 Å². The van der Waals surface area contributed by atoms with E-state index in [0.29, 0.717) is 5.76 Å². The molecular weight excluding hydrogens is 236 g/mol. The number of hydrogen-bond acceptors (Lipinski definition) is 5. The van der Waals surface area contributed by atoms with Gasteiger partial charge in [0.15, 0.2) is 5.76 Å². The number of nitrogens with one attached hydrogen (secondary N) is 1. The predicted molar refractivity (Wildman–Crippen MR) is 64.7 cm³/mol. The monoisotopic (exact) mass is 254 g/mol. The number of carbonyl (C=O) groups is 2. The molecule has 6 heteroatoms. The standard InChI is InChI=1S/C12H18N2O4/c1-7(2)10(12(16)17-3)14-11(15)9-5-4-8(6-13)18-9/h4-5,7,10H,6,13H2,1-3H3,(H,14,15)/t10-/m0/s1. The lowest BCUT2D eigenvalue weighted by Gasteiger charge is -2.18. The first kappa shape index (κ1) is 14.2. The van der Waals surface area contributed by atoms with Gasteiger partial charge in [0.1, 0.15) is 11.8 Å². The highest BCUT2D eigenvalue weighted by Gasteiger charge is 2.26. The molecule has 1 aromatic heterocycles. The van der Waals surface area contributed by atoms with Crippen LogP contribution in [0.15, 0.2) is 16.5 Å². The molecule has 0 saturated heterocycles. The summed E-state index contributed by atoms with van der Waals surface area (Å²) in [5.74, 6) is -0.377. The molecule has 0 aliphatic heterocycles. The number of carbonyl (C=O) groups excluding carboxylic acids is 2. The second kappa shape index (κ2) is 6.20. The Labute approximate surface area is 105 Å². The van der Waals surface area contributed by atoms with Gasteiger partial charge in [0.05, 0.1) is 13.7 Å². The van der Waals surface area contributed by atoms with E-state index in [1.54, 1.807) is 6.07 Å². The first-order valence-corrected chi connectivity index (χ1v) is 5.67. The summed E-state index contributed by atoms with van der Waals surface area (Å²) in [4.78, 5) is 23.3. The number of methoxy groups -OCH3 is 1. The van der Waals surface area contributed by atoms with Gasteiger partial charge in [0, 0.05) is 0 Å². The molecule has 1 aromatic rings. The molecule has 3 N–H and O–H groups in total. The van der Waals surface area contributed by atoms with Crippen LogP contribution in [0.4, 0.5) is 0 Å². The predicted octanol–water partition coefficient (Wildman–Crippen LogP) is 0.666. The second-order valence-electron chi connectivity index (χ2n) is 4.19. The Hall–Kier alpha value is -1.82. The summed E-state index contributed by atoms with van der Waals surface area (Å²) in [6.07, 6.45) is 0. The third-order valence-corrected chi connectivity index (χ3v) is 2.50. The van der Waals surface area contributed by atoms with Crippen molar-refractivity contribution in [1.82, 2.24) is 5.32 Å². The van der Waals surface area contributed by atoms with Crippen LogP contribution in [0.5, 0.6) is 0 Å². The van der Waals surface area contributed by atoms with Crippen LogP contribution in [0, 0.1) is 5.92 Å². The van der Waals surface area contributed by atoms with E-state index in [1.165, 1.54) is 13.2 Å². The van der Waals surface area contributed by atoms with Gasteiger partial charge in [-0.1, -0.05) is 13.8 Å². The number of esters is 1. The third-order valence-electron chi connectivity index (χ3n) is 2.50. The molecule has 0 aromatic carbocycles. The first-order valence-electron chi connectivity index (χ1n) is 5.67. The number of hydrogen-bond donors (Lipinski definition) is 2. The molecule has 0 spiro atoms. The van der Waals surface area contributed by atoms with Crippen LogP contribution in [-0.2, 0) is 16.1 Å². The maximum Gasteiger partial charge on any atom is 0.328 e. The van der Waals surface area contributed by atoms with Crippen molar-refractivity contribution in [2.24, 2.45) is 11.7 Å². The Kier molecular flexibility index (Phi) is 4.91. The largest absolute Gasteiger partial charge is 0.467 e. The molecule has 0 unspecified atom stereocenters. The van der Waals surface area contributed by atoms with Crippen molar-refractivity contribution in [1.29, 1.82) is 0 Å². The molecule has 0 fully saturated rings. The number of nitrogens with two attached hydrogens (primary N) is 1. The molecule has 18 heavy (non-hydrogen) atoms. The molecule has 1 rings (SSSR count). The fourth-order valence-electron chi connectivity index (χ4n) is 1.45. The molecule has 6 nitrogen and oxygen atoms in total. The van der Waals surface area contributed by atoms with Gasteiger partial charge >= 0.3 is 5.97 Å². The highest BCUT2D eigenvalue weighted by atomic mass is 16.5. The van der Waals surface area contributed by atoms with Gasteiger partial charge in [-0.25, -0.2) is 4.79 Å². The molecule has 1 heterocycles. The SMILES string of the molecule is COC(=O)[C@@H](NC(=O)c1ccc(CN)o1)C(C)C. The minimum atomic E-state index is -0.700. The van der Waals surface area contributed by atoms with Gasteiger partial charge in [0.25, 0.3) is 5.91 Å². The average Bonchev–Trinajstić information content (AvgIpc) is 2.83.